The molecule has 0 aliphatic carbocycles. The van der Waals surface area contributed by atoms with Crippen LogP contribution in [0.3, 0.4) is 0 Å². The Morgan fingerprint density at radius 1 is 1.00 bits per heavy atom. The summed E-state index contributed by atoms with van der Waals surface area (Å²) in [6, 6.07) is 14.2. The number of nitrogens with one attached hydrogen (secondary N) is 1. The number of allylic oxidation sites excluding steroid dienone is 3. The monoisotopic (exact) mass is 262 g/mol. The van der Waals surface area contributed by atoms with Crippen molar-refractivity contribution in [1.29, 1.82) is 0 Å². The van der Waals surface area contributed by atoms with Crippen LogP contribution in [0.25, 0.3) is 11.1 Å². The zero-order valence-electron chi connectivity index (χ0n) is 11.6. The van der Waals surface area contributed by atoms with Gasteiger partial charge in [-0.15, -0.1) is 0 Å². The molecule has 1 N–H and O–H groups in total. The van der Waals surface area contributed by atoms with Crippen molar-refractivity contribution in [3.8, 4) is 11.1 Å². The number of pyridine rings is 1. The van der Waals surface area contributed by atoms with E-state index in [2.05, 4.69) is 41.7 Å². The van der Waals surface area contributed by atoms with Crippen LogP contribution in [0.1, 0.15) is 6.92 Å². The number of hydrogen-bond acceptors (Lipinski definition) is 2. The SMILES string of the molecule is C=C/C(C)=C(\C=C)Nc1ccc(-c2ccccc2)cn1. The maximum Gasteiger partial charge on any atom is 0.130 e. The van der Waals surface area contributed by atoms with Crippen molar-refractivity contribution in [3.63, 3.8) is 0 Å². The Balaban J connectivity index is 2.21. The Bertz CT molecular complexity index is 622. The number of rotatable bonds is 5. The van der Waals surface area contributed by atoms with Gasteiger partial charge < -0.3 is 5.32 Å². The molecule has 2 aromatic rings. The summed E-state index contributed by atoms with van der Waals surface area (Å²) in [5, 5.41) is 3.24. The summed E-state index contributed by atoms with van der Waals surface area (Å²) >= 11 is 0. The van der Waals surface area contributed by atoms with Crippen LogP contribution in [0.15, 0.2) is 85.2 Å². The Labute approximate surface area is 120 Å². The second-order valence-corrected chi connectivity index (χ2v) is 4.43. The molecule has 100 valence electrons. The maximum atomic E-state index is 4.43. The molecule has 0 bridgehead atoms. The molecule has 0 fully saturated rings. The van der Waals surface area contributed by atoms with E-state index in [9.17, 15) is 0 Å². The average molecular weight is 262 g/mol. The molecule has 0 saturated carbocycles. The summed E-state index contributed by atoms with van der Waals surface area (Å²) < 4.78 is 0. The van der Waals surface area contributed by atoms with Crippen LogP contribution in [0.4, 0.5) is 5.82 Å². The van der Waals surface area contributed by atoms with Gasteiger partial charge in [0, 0.05) is 17.5 Å². The third kappa shape index (κ3) is 3.23. The highest BCUT2D eigenvalue weighted by Gasteiger charge is 2.00. The number of anilines is 1. The molecule has 0 unspecified atom stereocenters. The largest absolute Gasteiger partial charge is 0.340 e. The van der Waals surface area contributed by atoms with Gasteiger partial charge in [0.05, 0.1) is 0 Å². The van der Waals surface area contributed by atoms with Gasteiger partial charge >= 0.3 is 0 Å². The van der Waals surface area contributed by atoms with Gasteiger partial charge in [0.1, 0.15) is 5.82 Å². The first-order valence-corrected chi connectivity index (χ1v) is 6.49. The lowest BCUT2D eigenvalue weighted by Gasteiger charge is -2.09. The average Bonchev–Trinajstić information content (AvgIpc) is 2.53. The van der Waals surface area contributed by atoms with Crippen LogP contribution in [0.5, 0.6) is 0 Å². The lowest BCUT2D eigenvalue weighted by Crippen LogP contribution is -2.00. The minimum absolute atomic E-state index is 0.792. The summed E-state index contributed by atoms with van der Waals surface area (Å²) in [5.41, 5.74) is 4.21. The molecule has 0 radical (unpaired) electrons. The van der Waals surface area contributed by atoms with Gasteiger partial charge in [-0.1, -0.05) is 49.6 Å². The van der Waals surface area contributed by atoms with E-state index in [0.717, 1.165) is 28.2 Å². The first kappa shape index (κ1) is 13.8. The van der Waals surface area contributed by atoms with E-state index >= 15 is 0 Å². The van der Waals surface area contributed by atoms with Crippen LogP contribution >= 0.6 is 0 Å². The zero-order chi connectivity index (χ0) is 14.4. The second kappa shape index (κ2) is 6.53. The molecule has 0 aliphatic heterocycles. The van der Waals surface area contributed by atoms with Crippen LogP contribution in [0, 0.1) is 0 Å². The smallest absolute Gasteiger partial charge is 0.130 e. The Hall–Kier alpha value is -2.61. The molecule has 0 spiro atoms. The summed E-state index contributed by atoms with van der Waals surface area (Å²) in [7, 11) is 0. The molecule has 1 aromatic carbocycles. The molecule has 0 amide bonds. The van der Waals surface area contributed by atoms with E-state index in [0.29, 0.717) is 0 Å². The van der Waals surface area contributed by atoms with Crippen molar-refractivity contribution in [2.24, 2.45) is 0 Å². The van der Waals surface area contributed by atoms with Crippen LogP contribution in [0.2, 0.25) is 0 Å². The van der Waals surface area contributed by atoms with Gasteiger partial charge in [-0.2, -0.15) is 0 Å². The highest BCUT2D eigenvalue weighted by atomic mass is 15.0. The molecular formula is C18H18N2. The molecular weight excluding hydrogens is 244 g/mol. The van der Waals surface area contributed by atoms with Gasteiger partial charge in [-0.25, -0.2) is 4.98 Å². The highest BCUT2D eigenvalue weighted by Crippen LogP contribution is 2.20. The number of hydrogen-bond donors (Lipinski definition) is 1. The molecule has 1 aromatic heterocycles. The van der Waals surface area contributed by atoms with Crippen molar-refractivity contribution < 1.29 is 0 Å². The van der Waals surface area contributed by atoms with Crippen molar-refractivity contribution in [1.82, 2.24) is 4.98 Å². The van der Waals surface area contributed by atoms with Crippen LogP contribution in [-0.4, -0.2) is 4.98 Å². The van der Waals surface area contributed by atoms with Crippen molar-refractivity contribution >= 4 is 5.82 Å². The minimum Gasteiger partial charge on any atom is -0.340 e. The van der Waals surface area contributed by atoms with E-state index in [1.807, 2.05) is 37.4 Å². The lowest BCUT2D eigenvalue weighted by atomic mass is 10.1. The summed E-state index contributed by atoms with van der Waals surface area (Å²) in [6.07, 6.45) is 5.42. The quantitative estimate of drug-likeness (QED) is 0.782. The second-order valence-electron chi connectivity index (χ2n) is 4.43. The molecule has 0 saturated heterocycles. The fraction of sp³-hybridized carbons (Fsp3) is 0.0556. The molecule has 2 rings (SSSR count). The molecule has 1 heterocycles. The highest BCUT2D eigenvalue weighted by molar-refractivity contribution is 5.64. The number of nitrogens with zero attached hydrogens (tertiary/aromatic N) is 1. The van der Waals surface area contributed by atoms with E-state index in [4.69, 9.17) is 0 Å². The summed E-state index contributed by atoms with van der Waals surface area (Å²) in [5.74, 6) is 0.792. The molecule has 0 atom stereocenters. The van der Waals surface area contributed by atoms with E-state index < -0.39 is 0 Å². The van der Waals surface area contributed by atoms with Gasteiger partial charge in [0.2, 0.25) is 0 Å². The third-order valence-electron chi connectivity index (χ3n) is 3.07. The van der Waals surface area contributed by atoms with Crippen LogP contribution < -0.4 is 5.32 Å². The summed E-state index contributed by atoms with van der Waals surface area (Å²) in [6.45, 7) is 9.54. The van der Waals surface area contributed by atoms with Gasteiger partial charge in [-0.3, -0.25) is 0 Å². The number of benzene rings is 1. The Kier molecular flexibility index (Phi) is 4.51. The molecule has 2 nitrogen and oxygen atoms in total. The normalized spacial score (nSPS) is 11.4. The van der Waals surface area contributed by atoms with E-state index in [1.165, 1.54) is 0 Å². The Morgan fingerprint density at radius 2 is 1.75 bits per heavy atom. The van der Waals surface area contributed by atoms with Gasteiger partial charge in [0.25, 0.3) is 0 Å². The fourth-order valence-electron chi connectivity index (χ4n) is 1.83. The number of aromatic nitrogens is 1. The fourth-order valence-corrected chi connectivity index (χ4v) is 1.83. The van der Waals surface area contributed by atoms with Crippen molar-refractivity contribution in [2.45, 2.75) is 6.92 Å². The Morgan fingerprint density at radius 3 is 2.30 bits per heavy atom. The van der Waals surface area contributed by atoms with E-state index in [-0.39, 0.29) is 0 Å². The standard InChI is InChI=1S/C18H18N2/c1-4-14(3)17(5-2)20-18-12-11-16(13-19-18)15-9-7-6-8-10-15/h4-13H,1-2H2,3H3,(H,19,20)/b17-14+. The third-order valence-corrected chi connectivity index (χ3v) is 3.07. The predicted octanol–water partition coefficient (Wildman–Crippen LogP) is 4.81. The first-order valence-electron chi connectivity index (χ1n) is 6.49. The van der Waals surface area contributed by atoms with Crippen LogP contribution in [-0.2, 0) is 0 Å². The topological polar surface area (TPSA) is 24.9 Å². The summed E-state index contributed by atoms with van der Waals surface area (Å²) in [4.78, 5) is 4.43. The maximum absolute atomic E-state index is 4.43. The van der Waals surface area contributed by atoms with Gasteiger partial charge in [0.15, 0.2) is 0 Å². The predicted molar refractivity (Wildman–Crippen MR) is 86.4 cm³/mol. The van der Waals surface area contributed by atoms with Crippen molar-refractivity contribution in [2.75, 3.05) is 5.32 Å². The zero-order valence-corrected chi connectivity index (χ0v) is 11.6. The lowest BCUT2D eigenvalue weighted by molar-refractivity contribution is 1.26. The van der Waals surface area contributed by atoms with Crippen molar-refractivity contribution in [3.05, 3.63) is 85.2 Å². The first-order chi connectivity index (χ1) is 9.74. The molecule has 2 heteroatoms. The molecule has 20 heavy (non-hydrogen) atoms. The molecule has 0 aliphatic rings. The minimum atomic E-state index is 0.792. The van der Waals surface area contributed by atoms with E-state index in [1.54, 1.807) is 12.2 Å². The van der Waals surface area contributed by atoms with Gasteiger partial charge in [-0.05, 0) is 36.3 Å².